The SMILES string of the molecule is CCC(C)C(=O)OCCC(C)C(C)c1ccccc1. The zero-order valence-electron chi connectivity index (χ0n) is 12.6. The molecular formula is C17H26O2. The quantitative estimate of drug-likeness (QED) is 0.680. The fraction of sp³-hybridized carbons (Fsp3) is 0.588. The maximum absolute atomic E-state index is 11.6. The highest BCUT2D eigenvalue weighted by molar-refractivity contribution is 5.71. The van der Waals surface area contributed by atoms with E-state index in [-0.39, 0.29) is 11.9 Å². The number of rotatable bonds is 7. The molecule has 106 valence electrons. The van der Waals surface area contributed by atoms with Crippen molar-refractivity contribution in [1.29, 1.82) is 0 Å². The van der Waals surface area contributed by atoms with Gasteiger partial charge in [-0.25, -0.2) is 0 Å². The molecule has 0 N–H and O–H groups in total. The molecule has 0 fully saturated rings. The summed E-state index contributed by atoms with van der Waals surface area (Å²) in [6, 6.07) is 10.5. The van der Waals surface area contributed by atoms with Crippen molar-refractivity contribution in [2.45, 2.75) is 46.5 Å². The van der Waals surface area contributed by atoms with Crippen molar-refractivity contribution in [1.82, 2.24) is 0 Å². The number of hydrogen-bond acceptors (Lipinski definition) is 2. The van der Waals surface area contributed by atoms with Crippen molar-refractivity contribution >= 4 is 5.97 Å². The normalized spacial score (nSPS) is 15.6. The van der Waals surface area contributed by atoms with Gasteiger partial charge in [-0.3, -0.25) is 4.79 Å². The molecule has 3 unspecified atom stereocenters. The van der Waals surface area contributed by atoms with Crippen LogP contribution in [0.3, 0.4) is 0 Å². The summed E-state index contributed by atoms with van der Waals surface area (Å²) >= 11 is 0. The van der Waals surface area contributed by atoms with Crippen LogP contribution in [0.1, 0.15) is 52.0 Å². The van der Waals surface area contributed by atoms with E-state index in [9.17, 15) is 4.79 Å². The fourth-order valence-electron chi connectivity index (χ4n) is 1.99. The minimum absolute atomic E-state index is 0.0156. The first-order chi connectivity index (χ1) is 9.06. The highest BCUT2D eigenvalue weighted by atomic mass is 16.5. The van der Waals surface area contributed by atoms with Crippen molar-refractivity contribution in [3.8, 4) is 0 Å². The third-order valence-electron chi connectivity index (χ3n) is 4.01. The highest BCUT2D eigenvalue weighted by Crippen LogP contribution is 2.26. The van der Waals surface area contributed by atoms with Gasteiger partial charge >= 0.3 is 5.97 Å². The lowest BCUT2D eigenvalue weighted by Crippen LogP contribution is -2.17. The summed E-state index contributed by atoms with van der Waals surface area (Å²) < 4.78 is 5.31. The zero-order valence-corrected chi connectivity index (χ0v) is 12.6. The summed E-state index contributed by atoms with van der Waals surface area (Å²) in [5.41, 5.74) is 1.35. The van der Waals surface area contributed by atoms with Crippen LogP contribution in [0.2, 0.25) is 0 Å². The van der Waals surface area contributed by atoms with Gasteiger partial charge in [0.1, 0.15) is 0 Å². The van der Waals surface area contributed by atoms with E-state index in [1.54, 1.807) is 0 Å². The molecule has 0 radical (unpaired) electrons. The molecule has 0 aliphatic carbocycles. The van der Waals surface area contributed by atoms with Crippen molar-refractivity contribution < 1.29 is 9.53 Å². The van der Waals surface area contributed by atoms with Crippen LogP contribution in [-0.4, -0.2) is 12.6 Å². The van der Waals surface area contributed by atoms with Crippen LogP contribution in [-0.2, 0) is 9.53 Å². The second-order valence-electron chi connectivity index (χ2n) is 5.44. The van der Waals surface area contributed by atoms with Crippen molar-refractivity contribution in [2.24, 2.45) is 11.8 Å². The van der Waals surface area contributed by atoms with E-state index in [0.717, 1.165) is 12.8 Å². The molecular weight excluding hydrogens is 236 g/mol. The van der Waals surface area contributed by atoms with Gasteiger partial charge < -0.3 is 4.74 Å². The molecule has 0 amide bonds. The molecule has 0 aromatic heterocycles. The van der Waals surface area contributed by atoms with Crippen molar-refractivity contribution in [3.05, 3.63) is 35.9 Å². The monoisotopic (exact) mass is 262 g/mol. The van der Waals surface area contributed by atoms with Gasteiger partial charge in [-0.2, -0.15) is 0 Å². The molecule has 2 nitrogen and oxygen atoms in total. The van der Waals surface area contributed by atoms with Crippen LogP contribution in [0.5, 0.6) is 0 Å². The topological polar surface area (TPSA) is 26.3 Å². The molecule has 3 atom stereocenters. The molecule has 19 heavy (non-hydrogen) atoms. The summed E-state index contributed by atoms with van der Waals surface area (Å²) in [6.45, 7) is 8.90. The average Bonchev–Trinajstić information content (AvgIpc) is 2.46. The summed E-state index contributed by atoms with van der Waals surface area (Å²) in [5, 5.41) is 0. The predicted molar refractivity (Wildman–Crippen MR) is 79.1 cm³/mol. The summed E-state index contributed by atoms with van der Waals surface area (Å²) in [4.78, 5) is 11.6. The van der Waals surface area contributed by atoms with Gasteiger partial charge in [-0.1, -0.05) is 58.0 Å². The van der Waals surface area contributed by atoms with Crippen LogP contribution in [0.25, 0.3) is 0 Å². The molecule has 0 saturated heterocycles. The van der Waals surface area contributed by atoms with E-state index < -0.39 is 0 Å². The number of benzene rings is 1. The maximum atomic E-state index is 11.6. The van der Waals surface area contributed by atoms with Crippen molar-refractivity contribution in [2.75, 3.05) is 6.61 Å². The average molecular weight is 262 g/mol. The van der Waals surface area contributed by atoms with E-state index in [4.69, 9.17) is 4.74 Å². The second kappa shape index (κ2) is 7.98. The lowest BCUT2D eigenvalue weighted by atomic mass is 9.87. The number of esters is 1. The van der Waals surface area contributed by atoms with E-state index in [2.05, 4.69) is 38.1 Å². The van der Waals surface area contributed by atoms with Crippen molar-refractivity contribution in [3.63, 3.8) is 0 Å². The Bertz CT molecular complexity index is 372. The third kappa shape index (κ3) is 5.06. The molecule has 0 saturated carbocycles. The number of hydrogen-bond donors (Lipinski definition) is 0. The summed E-state index contributed by atoms with van der Waals surface area (Å²) in [5.74, 6) is 0.944. The fourth-order valence-corrected chi connectivity index (χ4v) is 1.99. The van der Waals surface area contributed by atoms with Crippen LogP contribution in [0.15, 0.2) is 30.3 Å². The lowest BCUT2D eigenvalue weighted by molar-refractivity contribution is -0.148. The van der Waals surface area contributed by atoms with E-state index in [1.165, 1.54) is 5.56 Å². The van der Waals surface area contributed by atoms with Gasteiger partial charge in [0.2, 0.25) is 0 Å². The molecule has 0 heterocycles. The molecule has 2 heteroatoms. The summed E-state index contributed by atoms with van der Waals surface area (Å²) in [7, 11) is 0. The Balaban J connectivity index is 2.35. The smallest absolute Gasteiger partial charge is 0.308 e. The Kier molecular flexibility index (Phi) is 6.61. The van der Waals surface area contributed by atoms with Gasteiger partial charge in [-0.05, 0) is 30.2 Å². The first kappa shape index (κ1) is 15.7. The number of carbonyl (C=O) groups excluding carboxylic acids is 1. The number of ether oxygens (including phenoxy) is 1. The summed E-state index contributed by atoms with van der Waals surface area (Å²) in [6.07, 6.45) is 1.76. The molecule has 1 rings (SSSR count). The standard InChI is InChI=1S/C17H26O2/c1-5-13(2)17(18)19-12-11-14(3)15(4)16-9-7-6-8-10-16/h6-10,13-15H,5,11-12H2,1-4H3. The van der Waals surface area contributed by atoms with Gasteiger partial charge in [0.05, 0.1) is 12.5 Å². The molecule has 0 aliphatic rings. The van der Waals surface area contributed by atoms with E-state index >= 15 is 0 Å². The Morgan fingerprint density at radius 2 is 1.79 bits per heavy atom. The van der Waals surface area contributed by atoms with Crippen LogP contribution >= 0.6 is 0 Å². The van der Waals surface area contributed by atoms with Crippen LogP contribution in [0.4, 0.5) is 0 Å². The Hall–Kier alpha value is -1.31. The molecule has 0 aliphatic heterocycles. The molecule has 0 spiro atoms. The Morgan fingerprint density at radius 3 is 2.37 bits per heavy atom. The second-order valence-corrected chi connectivity index (χ2v) is 5.44. The first-order valence-corrected chi connectivity index (χ1v) is 7.27. The Morgan fingerprint density at radius 1 is 1.16 bits per heavy atom. The zero-order chi connectivity index (χ0) is 14.3. The third-order valence-corrected chi connectivity index (χ3v) is 4.01. The maximum Gasteiger partial charge on any atom is 0.308 e. The van der Waals surface area contributed by atoms with Crippen LogP contribution < -0.4 is 0 Å². The van der Waals surface area contributed by atoms with Gasteiger partial charge in [0.15, 0.2) is 0 Å². The van der Waals surface area contributed by atoms with Gasteiger partial charge in [-0.15, -0.1) is 0 Å². The molecule has 1 aromatic carbocycles. The number of carbonyl (C=O) groups is 1. The highest BCUT2D eigenvalue weighted by Gasteiger charge is 2.16. The minimum Gasteiger partial charge on any atom is -0.465 e. The van der Waals surface area contributed by atoms with Gasteiger partial charge in [0.25, 0.3) is 0 Å². The van der Waals surface area contributed by atoms with E-state index in [0.29, 0.717) is 18.4 Å². The van der Waals surface area contributed by atoms with Gasteiger partial charge in [0, 0.05) is 0 Å². The molecule has 1 aromatic rings. The lowest BCUT2D eigenvalue weighted by Gasteiger charge is -2.20. The largest absolute Gasteiger partial charge is 0.465 e. The minimum atomic E-state index is -0.0675. The van der Waals surface area contributed by atoms with Crippen LogP contribution in [0, 0.1) is 11.8 Å². The molecule has 0 bridgehead atoms. The van der Waals surface area contributed by atoms with E-state index in [1.807, 2.05) is 19.9 Å². The predicted octanol–water partition coefficient (Wildman–Crippen LogP) is 4.41. The first-order valence-electron chi connectivity index (χ1n) is 7.27. The Labute approximate surface area is 117 Å².